The fourth-order valence-corrected chi connectivity index (χ4v) is 2.75. The van der Waals surface area contributed by atoms with E-state index in [9.17, 15) is 14.7 Å². The first-order chi connectivity index (χ1) is 12.3. The first-order valence-electron chi connectivity index (χ1n) is 8.86. The molecule has 0 spiro atoms. The van der Waals surface area contributed by atoms with Gasteiger partial charge in [-0.3, -0.25) is 0 Å². The number of hydrogen-bond acceptors (Lipinski definition) is 5. The van der Waals surface area contributed by atoms with Gasteiger partial charge in [0.1, 0.15) is 12.2 Å². The molecule has 1 aromatic carbocycles. The molecule has 0 bridgehead atoms. The fraction of sp³-hybridized carbons (Fsp3) is 0.579. The van der Waals surface area contributed by atoms with Crippen LogP contribution < -0.4 is 0 Å². The summed E-state index contributed by atoms with van der Waals surface area (Å²) in [5.41, 5.74) is 0.294. The highest BCUT2D eigenvalue weighted by Crippen LogP contribution is 2.17. The Hall–Kier alpha value is -2.28. The normalized spacial score (nSPS) is 18.2. The van der Waals surface area contributed by atoms with E-state index < -0.39 is 23.8 Å². The summed E-state index contributed by atoms with van der Waals surface area (Å²) >= 11 is 0. The van der Waals surface area contributed by atoms with Gasteiger partial charge in [-0.25, -0.2) is 9.59 Å². The van der Waals surface area contributed by atoms with Gasteiger partial charge >= 0.3 is 12.2 Å². The first kappa shape index (κ1) is 20.0. The van der Waals surface area contributed by atoms with Crippen molar-refractivity contribution in [3.05, 3.63) is 35.9 Å². The number of amides is 2. The van der Waals surface area contributed by atoms with Gasteiger partial charge in [0, 0.05) is 19.6 Å². The number of carbonyl (C=O) groups excluding carboxylic acids is 2. The summed E-state index contributed by atoms with van der Waals surface area (Å²) in [5.74, 6) is 0. The summed E-state index contributed by atoms with van der Waals surface area (Å²) in [6.07, 6.45) is -0.328. The van der Waals surface area contributed by atoms with Gasteiger partial charge in [-0.2, -0.15) is 0 Å². The largest absolute Gasteiger partial charge is 0.445 e. The zero-order chi connectivity index (χ0) is 19.2. The van der Waals surface area contributed by atoms with E-state index in [1.54, 1.807) is 20.8 Å². The van der Waals surface area contributed by atoms with Gasteiger partial charge in [-0.1, -0.05) is 30.3 Å². The molecule has 1 atom stereocenters. The minimum absolute atomic E-state index is 0.190. The predicted octanol–water partition coefficient (Wildman–Crippen LogP) is 2.63. The Labute approximate surface area is 154 Å². The second-order valence-corrected chi connectivity index (χ2v) is 7.35. The molecule has 0 saturated carbocycles. The maximum absolute atomic E-state index is 12.4. The molecule has 0 aliphatic carbocycles. The van der Waals surface area contributed by atoms with Crippen LogP contribution in [-0.2, 0) is 16.1 Å². The third-order valence-electron chi connectivity index (χ3n) is 4.00. The summed E-state index contributed by atoms with van der Waals surface area (Å²) in [4.78, 5) is 27.8. The van der Waals surface area contributed by atoms with Crippen molar-refractivity contribution in [2.24, 2.45) is 0 Å². The van der Waals surface area contributed by atoms with E-state index in [2.05, 4.69) is 0 Å². The fourth-order valence-electron chi connectivity index (χ4n) is 2.75. The number of aliphatic hydroxyl groups excluding tert-OH is 1. The molecule has 0 aromatic heterocycles. The first-order valence-corrected chi connectivity index (χ1v) is 8.86. The van der Waals surface area contributed by atoms with Crippen molar-refractivity contribution in [1.82, 2.24) is 9.80 Å². The highest BCUT2D eigenvalue weighted by Gasteiger charge is 2.33. The molecule has 0 radical (unpaired) electrons. The molecule has 1 aliphatic heterocycles. The molecule has 1 aliphatic rings. The zero-order valence-electron chi connectivity index (χ0n) is 15.7. The van der Waals surface area contributed by atoms with Crippen LogP contribution in [0.25, 0.3) is 0 Å². The van der Waals surface area contributed by atoms with Crippen LogP contribution in [0.4, 0.5) is 9.59 Å². The van der Waals surface area contributed by atoms with Crippen LogP contribution in [0.1, 0.15) is 32.8 Å². The standard InChI is InChI=1S/C19H28N2O5/c1-19(2,3)26-18(24)21-11-7-10-20(12-16(21)13-22)17(23)25-14-15-8-5-4-6-9-15/h4-6,8-9,16,22H,7,10-14H2,1-3H3/t16-/m1/s1. The van der Waals surface area contributed by atoms with Gasteiger partial charge in [-0.05, 0) is 32.8 Å². The molecule has 2 rings (SSSR count). The lowest BCUT2D eigenvalue weighted by atomic mass is 10.2. The lowest BCUT2D eigenvalue weighted by Gasteiger charge is -2.32. The van der Waals surface area contributed by atoms with Crippen LogP contribution >= 0.6 is 0 Å². The van der Waals surface area contributed by atoms with E-state index in [1.807, 2.05) is 30.3 Å². The number of ether oxygens (including phenoxy) is 2. The summed E-state index contributed by atoms with van der Waals surface area (Å²) in [6.45, 7) is 6.42. The van der Waals surface area contributed by atoms with E-state index in [0.717, 1.165) is 5.56 Å². The van der Waals surface area contributed by atoms with E-state index >= 15 is 0 Å². The Bertz CT molecular complexity index is 600. The van der Waals surface area contributed by atoms with Crippen LogP contribution in [0.5, 0.6) is 0 Å². The molecule has 26 heavy (non-hydrogen) atoms. The third kappa shape index (κ3) is 5.91. The molecule has 7 nitrogen and oxygen atoms in total. The molecule has 1 N–H and O–H groups in total. The zero-order valence-corrected chi connectivity index (χ0v) is 15.7. The second kappa shape index (κ2) is 8.89. The summed E-state index contributed by atoms with van der Waals surface area (Å²) in [5, 5.41) is 9.71. The van der Waals surface area contributed by atoms with Crippen LogP contribution in [0.15, 0.2) is 30.3 Å². The molecular weight excluding hydrogens is 336 g/mol. The molecule has 2 amide bonds. The number of carbonyl (C=O) groups is 2. The average molecular weight is 364 g/mol. The summed E-state index contributed by atoms with van der Waals surface area (Å²) < 4.78 is 10.8. The van der Waals surface area contributed by atoms with Crippen molar-refractivity contribution < 1.29 is 24.2 Å². The lowest BCUT2D eigenvalue weighted by molar-refractivity contribution is 0.00876. The highest BCUT2D eigenvalue weighted by atomic mass is 16.6. The molecule has 1 fully saturated rings. The van der Waals surface area contributed by atoms with E-state index in [4.69, 9.17) is 9.47 Å². The van der Waals surface area contributed by atoms with Crippen LogP contribution in [-0.4, -0.2) is 65.0 Å². The monoisotopic (exact) mass is 364 g/mol. The highest BCUT2D eigenvalue weighted by molar-refractivity contribution is 5.70. The Morgan fingerprint density at radius 1 is 1.15 bits per heavy atom. The van der Waals surface area contributed by atoms with Crippen LogP contribution in [0, 0.1) is 0 Å². The van der Waals surface area contributed by atoms with Crippen LogP contribution in [0.3, 0.4) is 0 Å². The molecule has 144 valence electrons. The van der Waals surface area contributed by atoms with Crippen molar-refractivity contribution in [1.29, 1.82) is 0 Å². The van der Waals surface area contributed by atoms with Gasteiger partial charge in [-0.15, -0.1) is 0 Å². The lowest BCUT2D eigenvalue weighted by Crippen LogP contribution is -2.49. The molecule has 1 aromatic rings. The molecule has 0 unspecified atom stereocenters. The minimum atomic E-state index is -0.613. The van der Waals surface area contributed by atoms with Crippen molar-refractivity contribution in [2.45, 2.75) is 45.4 Å². The van der Waals surface area contributed by atoms with Gasteiger partial charge in [0.2, 0.25) is 0 Å². The van der Waals surface area contributed by atoms with E-state index in [1.165, 1.54) is 9.80 Å². The Morgan fingerprint density at radius 2 is 1.85 bits per heavy atom. The summed E-state index contributed by atoms with van der Waals surface area (Å²) in [7, 11) is 0. The second-order valence-electron chi connectivity index (χ2n) is 7.35. The van der Waals surface area contributed by atoms with Gasteiger partial charge < -0.3 is 24.4 Å². The Kier molecular flexibility index (Phi) is 6.85. The van der Waals surface area contributed by atoms with Crippen molar-refractivity contribution in [2.75, 3.05) is 26.2 Å². The quantitative estimate of drug-likeness (QED) is 0.892. The predicted molar refractivity (Wildman–Crippen MR) is 96.6 cm³/mol. The van der Waals surface area contributed by atoms with E-state index in [0.29, 0.717) is 19.5 Å². The number of rotatable bonds is 3. The Balaban J connectivity index is 1.96. The van der Waals surface area contributed by atoms with Gasteiger partial charge in [0.05, 0.1) is 12.6 Å². The number of benzene rings is 1. The van der Waals surface area contributed by atoms with Crippen molar-refractivity contribution in [3.63, 3.8) is 0 Å². The number of hydrogen-bond donors (Lipinski definition) is 1. The SMILES string of the molecule is CC(C)(C)OC(=O)N1CCCN(C(=O)OCc2ccccc2)C[C@@H]1CO. The van der Waals surface area contributed by atoms with Gasteiger partial charge in [0.25, 0.3) is 0 Å². The minimum Gasteiger partial charge on any atom is -0.445 e. The van der Waals surface area contributed by atoms with Gasteiger partial charge in [0.15, 0.2) is 0 Å². The topological polar surface area (TPSA) is 79.3 Å². The number of aliphatic hydroxyl groups is 1. The van der Waals surface area contributed by atoms with Crippen molar-refractivity contribution >= 4 is 12.2 Å². The maximum Gasteiger partial charge on any atom is 0.410 e. The smallest absolute Gasteiger partial charge is 0.410 e. The third-order valence-corrected chi connectivity index (χ3v) is 4.00. The molecule has 1 saturated heterocycles. The average Bonchev–Trinajstić information content (AvgIpc) is 2.81. The maximum atomic E-state index is 12.4. The molecular formula is C19H28N2O5. The summed E-state index contributed by atoms with van der Waals surface area (Å²) in [6, 6.07) is 8.92. The molecule has 7 heteroatoms. The number of nitrogens with zero attached hydrogens (tertiary/aromatic N) is 2. The van der Waals surface area contributed by atoms with Crippen molar-refractivity contribution in [3.8, 4) is 0 Å². The molecule has 1 heterocycles. The van der Waals surface area contributed by atoms with Crippen LogP contribution in [0.2, 0.25) is 0 Å². The Morgan fingerprint density at radius 3 is 2.46 bits per heavy atom. The van der Waals surface area contributed by atoms with E-state index in [-0.39, 0.29) is 19.8 Å².